The van der Waals surface area contributed by atoms with Gasteiger partial charge in [-0.1, -0.05) is 11.6 Å². The normalized spacial score (nSPS) is 30.5. The molecule has 0 amide bonds. The summed E-state index contributed by atoms with van der Waals surface area (Å²) in [6, 6.07) is 7.00. The molecule has 1 aromatic carbocycles. The van der Waals surface area contributed by atoms with Crippen LogP contribution in [0.2, 0.25) is 5.02 Å². The van der Waals surface area contributed by atoms with E-state index >= 15 is 0 Å². The largest absolute Gasteiger partial charge is 0.347 e. The van der Waals surface area contributed by atoms with Crippen LogP contribution in [-0.4, -0.2) is 34.5 Å². The zero-order valence-corrected chi connectivity index (χ0v) is 12.7. The first-order valence-corrected chi connectivity index (χ1v) is 8.38. The second kappa shape index (κ2) is 5.73. The number of rotatable bonds is 2. The van der Waals surface area contributed by atoms with E-state index in [0.717, 1.165) is 17.7 Å². The third-order valence-corrected chi connectivity index (χ3v) is 6.04. The van der Waals surface area contributed by atoms with Gasteiger partial charge in [-0.05, 0) is 30.7 Å². The fraction of sp³-hybridized carbons (Fsp3) is 0.571. The zero-order valence-electron chi connectivity index (χ0n) is 11.1. The van der Waals surface area contributed by atoms with Gasteiger partial charge in [-0.25, -0.2) is 0 Å². The van der Waals surface area contributed by atoms with Gasteiger partial charge in [0, 0.05) is 28.8 Å². The van der Waals surface area contributed by atoms with Gasteiger partial charge in [0.1, 0.15) is 0 Å². The van der Waals surface area contributed by atoms with E-state index in [9.17, 15) is 4.21 Å². The summed E-state index contributed by atoms with van der Waals surface area (Å²) in [7, 11) is -1.17. The molecule has 3 unspecified atom stereocenters. The van der Waals surface area contributed by atoms with Crippen molar-refractivity contribution in [3.63, 3.8) is 0 Å². The van der Waals surface area contributed by atoms with Crippen molar-refractivity contribution >= 4 is 22.4 Å². The number of nitrogens with two attached hydrogens (primary N) is 1. The van der Waals surface area contributed by atoms with Crippen LogP contribution in [0.4, 0.5) is 0 Å². The maximum Gasteiger partial charge on any atom is 0.169 e. The quantitative estimate of drug-likeness (QED) is 0.907. The first kappa shape index (κ1) is 14.5. The number of hydrogen-bond acceptors (Lipinski definition) is 4. The van der Waals surface area contributed by atoms with Gasteiger partial charge in [0.15, 0.2) is 5.79 Å². The molecule has 1 spiro atoms. The summed E-state index contributed by atoms with van der Waals surface area (Å²) in [5.74, 6) is -0.567. The lowest BCUT2D eigenvalue weighted by atomic mass is 9.90. The maximum absolute atomic E-state index is 12.7. The molecule has 6 heteroatoms. The van der Waals surface area contributed by atoms with Gasteiger partial charge >= 0.3 is 0 Å². The molecule has 0 bridgehead atoms. The van der Waals surface area contributed by atoms with Gasteiger partial charge in [0.05, 0.1) is 29.3 Å². The summed E-state index contributed by atoms with van der Waals surface area (Å²) in [5.41, 5.74) is 6.17. The molecular formula is C14H18ClNO3S. The smallest absolute Gasteiger partial charge is 0.169 e. The minimum absolute atomic E-state index is 0.0927. The predicted octanol–water partition coefficient (Wildman–Crippen LogP) is 2.07. The van der Waals surface area contributed by atoms with E-state index in [-0.39, 0.29) is 11.3 Å². The topological polar surface area (TPSA) is 61.6 Å². The number of hydrogen-bond donors (Lipinski definition) is 1. The Kier molecular flexibility index (Phi) is 4.15. The average Bonchev–Trinajstić information content (AvgIpc) is 2.90. The average molecular weight is 316 g/mol. The van der Waals surface area contributed by atoms with Crippen molar-refractivity contribution in [2.24, 2.45) is 5.73 Å². The van der Waals surface area contributed by atoms with Crippen LogP contribution in [0.15, 0.2) is 29.2 Å². The van der Waals surface area contributed by atoms with E-state index in [1.165, 1.54) is 0 Å². The molecule has 1 aliphatic heterocycles. The van der Waals surface area contributed by atoms with Crippen molar-refractivity contribution in [2.75, 3.05) is 13.2 Å². The van der Waals surface area contributed by atoms with Crippen LogP contribution in [0.25, 0.3) is 0 Å². The number of halogens is 1. The monoisotopic (exact) mass is 315 g/mol. The van der Waals surface area contributed by atoms with Crippen molar-refractivity contribution in [3.8, 4) is 0 Å². The summed E-state index contributed by atoms with van der Waals surface area (Å²) >= 11 is 5.87. The van der Waals surface area contributed by atoms with Crippen LogP contribution in [0.5, 0.6) is 0 Å². The van der Waals surface area contributed by atoms with Gasteiger partial charge < -0.3 is 15.2 Å². The molecule has 110 valence electrons. The summed E-state index contributed by atoms with van der Waals surface area (Å²) in [5, 5.41) is 0.487. The summed E-state index contributed by atoms with van der Waals surface area (Å²) < 4.78 is 24.2. The van der Waals surface area contributed by atoms with E-state index in [1.54, 1.807) is 24.3 Å². The van der Waals surface area contributed by atoms with Crippen molar-refractivity contribution in [3.05, 3.63) is 29.3 Å². The Hall–Kier alpha value is -0.460. The van der Waals surface area contributed by atoms with Crippen LogP contribution < -0.4 is 5.73 Å². The fourth-order valence-corrected chi connectivity index (χ4v) is 4.61. The molecule has 1 heterocycles. The molecule has 0 radical (unpaired) electrons. The third kappa shape index (κ3) is 2.78. The second-order valence-corrected chi connectivity index (χ2v) is 7.41. The summed E-state index contributed by atoms with van der Waals surface area (Å²) in [6.07, 6.45) is 2.13. The molecule has 0 aromatic heterocycles. The van der Waals surface area contributed by atoms with E-state index < -0.39 is 16.6 Å². The highest BCUT2D eigenvalue weighted by molar-refractivity contribution is 7.85. The SMILES string of the molecule is NC1CCC2(CC1S(=O)c1ccc(Cl)cc1)OCCO2. The van der Waals surface area contributed by atoms with Gasteiger partial charge in [-0.15, -0.1) is 0 Å². The molecule has 1 aromatic rings. The molecular weight excluding hydrogens is 298 g/mol. The fourth-order valence-electron chi connectivity index (χ4n) is 2.87. The van der Waals surface area contributed by atoms with Gasteiger partial charge in [-0.3, -0.25) is 4.21 Å². The first-order chi connectivity index (χ1) is 9.60. The lowest BCUT2D eigenvalue weighted by molar-refractivity contribution is -0.177. The molecule has 2 N–H and O–H groups in total. The number of benzene rings is 1. The maximum atomic E-state index is 12.7. The first-order valence-electron chi connectivity index (χ1n) is 6.79. The van der Waals surface area contributed by atoms with Crippen LogP contribution in [0.3, 0.4) is 0 Å². The lowest BCUT2D eigenvalue weighted by Gasteiger charge is -2.39. The van der Waals surface area contributed by atoms with Crippen molar-refractivity contribution < 1.29 is 13.7 Å². The zero-order chi connectivity index (χ0) is 14.2. The molecule has 2 fully saturated rings. The van der Waals surface area contributed by atoms with Crippen molar-refractivity contribution in [1.82, 2.24) is 0 Å². The molecule has 3 atom stereocenters. The molecule has 1 saturated carbocycles. The Labute approximate surface area is 126 Å². The minimum Gasteiger partial charge on any atom is -0.347 e. The van der Waals surface area contributed by atoms with Gasteiger partial charge in [0.25, 0.3) is 0 Å². The van der Waals surface area contributed by atoms with Gasteiger partial charge in [0.2, 0.25) is 0 Å². The molecule has 1 aliphatic carbocycles. The van der Waals surface area contributed by atoms with E-state index in [1.807, 2.05) is 0 Å². The Balaban J connectivity index is 1.80. The summed E-state index contributed by atoms with van der Waals surface area (Å²) in [6.45, 7) is 1.21. The van der Waals surface area contributed by atoms with E-state index in [0.29, 0.717) is 24.7 Å². The third-order valence-electron chi connectivity index (χ3n) is 3.98. The number of ether oxygens (including phenoxy) is 2. The molecule has 3 rings (SSSR count). The van der Waals surface area contributed by atoms with Crippen LogP contribution >= 0.6 is 11.6 Å². The van der Waals surface area contributed by atoms with Gasteiger partial charge in [-0.2, -0.15) is 0 Å². The molecule has 4 nitrogen and oxygen atoms in total. The Morgan fingerprint density at radius 1 is 1.25 bits per heavy atom. The van der Waals surface area contributed by atoms with E-state index in [2.05, 4.69) is 0 Å². The Morgan fingerprint density at radius 2 is 1.90 bits per heavy atom. The Morgan fingerprint density at radius 3 is 2.55 bits per heavy atom. The van der Waals surface area contributed by atoms with E-state index in [4.69, 9.17) is 26.8 Å². The Bertz CT molecular complexity index is 502. The van der Waals surface area contributed by atoms with Crippen molar-refractivity contribution in [2.45, 2.75) is 41.2 Å². The summed E-state index contributed by atoms with van der Waals surface area (Å²) in [4.78, 5) is 0.755. The predicted molar refractivity (Wildman–Crippen MR) is 78.1 cm³/mol. The standard InChI is InChI=1S/C14H18ClNO3S/c15-10-1-3-11(4-2-10)20(17)13-9-14(6-5-12(13)16)18-7-8-19-14/h1-4,12-13H,5-9,16H2. The minimum atomic E-state index is -1.17. The van der Waals surface area contributed by atoms with Crippen molar-refractivity contribution in [1.29, 1.82) is 0 Å². The molecule has 2 aliphatic rings. The lowest BCUT2D eigenvalue weighted by Crippen LogP contribution is -2.50. The highest BCUT2D eigenvalue weighted by atomic mass is 35.5. The molecule has 20 heavy (non-hydrogen) atoms. The van der Waals surface area contributed by atoms with Crippen LogP contribution in [-0.2, 0) is 20.3 Å². The molecule has 1 saturated heterocycles. The van der Waals surface area contributed by atoms with Crippen LogP contribution in [0, 0.1) is 0 Å². The highest BCUT2D eigenvalue weighted by Crippen LogP contribution is 2.38. The van der Waals surface area contributed by atoms with Crippen LogP contribution in [0.1, 0.15) is 19.3 Å². The second-order valence-electron chi connectivity index (χ2n) is 5.30. The highest BCUT2D eigenvalue weighted by Gasteiger charge is 2.46.